The van der Waals surface area contributed by atoms with E-state index in [0.717, 1.165) is 19.3 Å². The molecule has 5 nitrogen and oxygen atoms in total. The van der Waals surface area contributed by atoms with Crippen LogP contribution in [0.5, 0.6) is 0 Å². The Balaban J connectivity index is 2.02. The quantitative estimate of drug-likeness (QED) is 0.831. The van der Waals surface area contributed by atoms with Crippen molar-refractivity contribution in [1.29, 1.82) is 0 Å². The van der Waals surface area contributed by atoms with Gasteiger partial charge in [0.25, 0.3) is 0 Å². The molecule has 1 aliphatic heterocycles. The minimum atomic E-state index is -3.70. The van der Waals surface area contributed by atoms with Crippen LogP contribution in [-0.4, -0.2) is 38.0 Å². The third-order valence-corrected chi connectivity index (χ3v) is 6.92. The summed E-state index contributed by atoms with van der Waals surface area (Å²) in [6, 6.07) is 2.76. The third kappa shape index (κ3) is 2.53. The lowest BCUT2D eigenvalue weighted by atomic mass is 10.2. The molecule has 0 amide bonds. The highest BCUT2D eigenvalue weighted by Gasteiger charge is 2.43. The van der Waals surface area contributed by atoms with Crippen LogP contribution in [0.3, 0.4) is 0 Å². The highest BCUT2D eigenvalue weighted by atomic mass is 35.5. The lowest BCUT2D eigenvalue weighted by Gasteiger charge is -2.36. The van der Waals surface area contributed by atoms with E-state index in [1.165, 1.54) is 16.4 Å². The number of nitrogens with two attached hydrogens (primary N) is 1. The highest BCUT2D eigenvalue weighted by Crippen LogP contribution is 2.38. The van der Waals surface area contributed by atoms with E-state index < -0.39 is 10.0 Å². The van der Waals surface area contributed by atoms with Crippen molar-refractivity contribution in [2.45, 2.75) is 36.3 Å². The van der Waals surface area contributed by atoms with E-state index in [1.807, 2.05) is 0 Å². The van der Waals surface area contributed by atoms with Crippen LogP contribution in [0.1, 0.15) is 19.3 Å². The molecule has 21 heavy (non-hydrogen) atoms. The van der Waals surface area contributed by atoms with Gasteiger partial charge in [-0.1, -0.05) is 23.2 Å². The Morgan fingerprint density at radius 2 is 2.05 bits per heavy atom. The normalized spacial score (nSPS) is 26.8. The number of rotatable bonds is 2. The Bertz CT molecular complexity index is 666. The largest absolute Gasteiger partial charge is 0.396 e. The van der Waals surface area contributed by atoms with Gasteiger partial charge in [0.1, 0.15) is 4.90 Å². The lowest BCUT2D eigenvalue weighted by molar-refractivity contribution is -0.0241. The molecule has 1 aromatic carbocycles. The van der Waals surface area contributed by atoms with Crippen molar-refractivity contribution >= 4 is 38.9 Å². The Morgan fingerprint density at radius 3 is 2.81 bits per heavy atom. The molecule has 116 valence electrons. The third-order valence-electron chi connectivity index (χ3n) is 4.11. The zero-order valence-corrected chi connectivity index (χ0v) is 13.6. The van der Waals surface area contributed by atoms with Gasteiger partial charge in [-0.25, -0.2) is 8.42 Å². The molecule has 2 atom stereocenters. The van der Waals surface area contributed by atoms with Gasteiger partial charge >= 0.3 is 0 Å². The first kappa shape index (κ1) is 15.4. The van der Waals surface area contributed by atoms with Crippen molar-refractivity contribution in [2.24, 2.45) is 0 Å². The highest BCUT2D eigenvalue weighted by molar-refractivity contribution is 7.89. The van der Waals surface area contributed by atoms with Crippen molar-refractivity contribution < 1.29 is 13.2 Å². The number of nitrogen functional groups attached to an aromatic ring is 1. The first-order chi connectivity index (χ1) is 9.93. The van der Waals surface area contributed by atoms with E-state index in [4.69, 9.17) is 33.7 Å². The maximum Gasteiger partial charge on any atom is 0.245 e. The second kappa shape index (κ2) is 5.59. The predicted octanol–water partition coefficient (Wildman–Crippen LogP) is 2.52. The summed E-state index contributed by atoms with van der Waals surface area (Å²) in [6.45, 7) is 0.740. The number of sulfonamides is 1. The van der Waals surface area contributed by atoms with Crippen molar-refractivity contribution in [3.05, 3.63) is 22.2 Å². The molecule has 1 heterocycles. The number of hydrogen-bond acceptors (Lipinski definition) is 4. The summed E-state index contributed by atoms with van der Waals surface area (Å²) >= 11 is 12.0. The molecule has 2 N–H and O–H groups in total. The maximum atomic E-state index is 12.9. The number of ether oxygens (including phenoxy) is 1. The molecule has 0 radical (unpaired) electrons. The summed E-state index contributed by atoms with van der Waals surface area (Å²) in [5, 5.41) is 0.239. The average molecular weight is 351 g/mol. The van der Waals surface area contributed by atoms with Gasteiger partial charge in [0.15, 0.2) is 0 Å². The molecule has 0 aromatic heterocycles. The van der Waals surface area contributed by atoms with Gasteiger partial charge in [0.2, 0.25) is 10.0 Å². The topological polar surface area (TPSA) is 72.6 Å². The maximum absolute atomic E-state index is 12.9. The fourth-order valence-corrected chi connectivity index (χ4v) is 5.47. The second-order valence-electron chi connectivity index (χ2n) is 5.30. The number of anilines is 1. The van der Waals surface area contributed by atoms with Crippen LogP contribution < -0.4 is 5.73 Å². The molecular weight excluding hydrogens is 335 g/mol. The molecule has 3 rings (SSSR count). The van der Waals surface area contributed by atoms with E-state index in [9.17, 15) is 8.42 Å². The minimum absolute atomic E-state index is 0.0106. The zero-order valence-electron chi connectivity index (χ0n) is 11.3. The number of morpholine rings is 1. The van der Waals surface area contributed by atoms with Gasteiger partial charge in [-0.05, 0) is 31.4 Å². The summed E-state index contributed by atoms with van der Waals surface area (Å²) in [6.07, 6.45) is 2.66. The monoisotopic (exact) mass is 350 g/mol. The summed E-state index contributed by atoms with van der Waals surface area (Å²) in [4.78, 5) is 0.0126. The van der Waals surface area contributed by atoms with Crippen LogP contribution in [0.2, 0.25) is 10.0 Å². The van der Waals surface area contributed by atoms with Gasteiger partial charge in [-0.3, -0.25) is 0 Å². The van der Waals surface area contributed by atoms with Gasteiger partial charge in [0, 0.05) is 6.54 Å². The standard InChI is InChI=1S/C13H16Cl2N2O3S/c14-8-4-5-11(12(15)13(8)16)21(18,19)17-6-7-20-10-3-1-2-9(10)17/h4-5,9-10H,1-3,6-7,16H2. The molecule has 1 aromatic rings. The number of hydrogen-bond donors (Lipinski definition) is 1. The number of benzene rings is 1. The molecule has 1 aliphatic carbocycles. The van der Waals surface area contributed by atoms with E-state index in [-0.39, 0.29) is 32.8 Å². The summed E-state index contributed by atoms with van der Waals surface area (Å²) < 4.78 is 33.0. The van der Waals surface area contributed by atoms with Gasteiger partial charge in [0.05, 0.1) is 34.5 Å². The molecule has 2 aliphatic rings. The average Bonchev–Trinajstić information content (AvgIpc) is 2.92. The lowest BCUT2D eigenvalue weighted by Crippen LogP contribution is -2.51. The van der Waals surface area contributed by atoms with E-state index in [1.54, 1.807) is 0 Å². The smallest absolute Gasteiger partial charge is 0.245 e. The Kier molecular flexibility index (Phi) is 4.09. The minimum Gasteiger partial charge on any atom is -0.396 e. The molecule has 0 spiro atoms. The van der Waals surface area contributed by atoms with Crippen molar-refractivity contribution in [3.8, 4) is 0 Å². The van der Waals surface area contributed by atoms with Crippen LogP contribution in [0.25, 0.3) is 0 Å². The van der Waals surface area contributed by atoms with Gasteiger partial charge in [-0.15, -0.1) is 0 Å². The van der Waals surface area contributed by atoms with Crippen LogP contribution in [0.15, 0.2) is 17.0 Å². The summed E-state index contributed by atoms with van der Waals surface area (Å²) in [7, 11) is -3.70. The van der Waals surface area contributed by atoms with Crippen LogP contribution >= 0.6 is 23.2 Å². The fraction of sp³-hybridized carbons (Fsp3) is 0.538. The number of fused-ring (bicyclic) bond motifs is 1. The number of nitrogens with zero attached hydrogens (tertiary/aromatic N) is 1. The zero-order chi connectivity index (χ0) is 15.2. The summed E-state index contributed by atoms with van der Waals surface area (Å²) in [5.74, 6) is 0. The van der Waals surface area contributed by atoms with Crippen LogP contribution in [-0.2, 0) is 14.8 Å². The van der Waals surface area contributed by atoms with Crippen LogP contribution in [0.4, 0.5) is 5.69 Å². The molecule has 8 heteroatoms. The van der Waals surface area contributed by atoms with E-state index >= 15 is 0 Å². The van der Waals surface area contributed by atoms with E-state index in [2.05, 4.69) is 0 Å². The Hall–Kier alpha value is -0.530. The Morgan fingerprint density at radius 1 is 1.29 bits per heavy atom. The second-order valence-corrected chi connectivity index (χ2v) is 7.94. The number of halogens is 2. The molecular formula is C13H16Cl2N2O3S. The predicted molar refractivity (Wildman–Crippen MR) is 82.1 cm³/mol. The first-order valence-electron chi connectivity index (χ1n) is 6.80. The molecule has 2 unspecified atom stereocenters. The molecule has 1 saturated carbocycles. The van der Waals surface area contributed by atoms with Crippen molar-refractivity contribution in [2.75, 3.05) is 18.9 Å². The first-order valence-corrected chi connectivity index (χ1v) is 8.99. The summed E-state index contributed by atoms with van der Waals surface area (Å²) in [5.41, 5.74) is 5.84. The van der Waals surface area contributed by atoms with Crippen molar-refractivity contribution in [1.82, 2.24) is 4.31 Å². The Labute approximate surface area is 134 Å². The van der Waals surface area contributed by atoms with Gasteiger partial charge in [-0.2, -0.15) is 4.31 Å². The van der Waals surface area contributed by atoms with Gasteiger partial charge < -0.3 is 10.5 Å². The van der Waals surface area contributed by atoms with Crippen LogP contribution in [0, 0.1) is 0 Å². The molecule has 2 fully saturated rings. The van der Waals surface area contributed by atoms with Crippen molar-refractivity contribution in [3.63, 3.8) is 0 Å². The molecule has 1 saturated heterocycles. The fourth-order valence-electron chi connectivity index (χ4n) is 3.06. The SMILES string of the molecule is Nc1c(Cl)ccc(S(=O)(=O)N2CCOC3CCCC32)c1Cl. The molecule has 0 bridgehead atoms. The van der Waals surface area contributed by atoms with E-state index in [0.29, 0.717) is 13.2 Å².